The Morgan fingerprint density at radius 2 is 1.50 bits per heavy atom. The van der Waals surface area contributed by atoms with Crippen LogP contribution in [-0.4, -0.2) is 11.1 Å². The topological polar surface area (TPSA) is 55.8 Å². The van der Waals surface area contributed by atoms with Gasteiger partial charge in [-0.3, -0.25) is 0 Å². The average molecular weight is 320 g/mol. The molecule has 0 aliphatic rings. The number of para-hydroxylation sites is 3. The number of hydrogen-bond acceptors (Lipinski definition) is 4. The second kappa shape index (κ2) is 7.33. The van der Waals surface area contributed by atoms with E-state index in [4.69, 9.17) is 9.47 Å². The van der Waals surface area contributed by atoms with Crippen LogP contribution < -0.4 is 4.74 Å². The number of hydrogen-bond donors (Lipinski definition) is 1. The minimum atomic E-state index is -0.581. The van der Waals surface area contributed by atoms with Crippen LogP contribution in [0.3, 0.4) is 0 Å². The standard InChI is InChI=1S/C20H16O4/c21-18-12-6-5-11-17(18)20(22)23-14-15-8-4-7-13-19(15)24-16-9-2-1-3-10-16/h1-13,21H,14H2. The number of esters is 1. The van der Waals surface area contributed by atoms with Gasteiger partial charge >= 0.3 is 5.97 Å². The quantitative estimate of drug-likeness (QED) is 0.701. The van der Waals surface area contributed by atoms with Crippen LogP contribution in [0, 0.1) is 0 Å². The van der Waals surface area contributed by atoms with Crippen LogP contribution in [0.25, 0.3) is 0 Å². The lowest BCUT2D eigenvalue weighted by molar-refractivity contribution is 0.0467. The number of benzene rings is 3. The van der Waals surface area contributed by atoms with E-state index >= 15 is 0 Å². The zero-order valence-electron chi connectivity index (χ0n) is 12.9. The van der Waals surface area contributed by atoms with E-state index in [2.05, 4.69) is 0 Å². The van der Waals surface area contributed by atoms with E-state index in [1.807, 2.05) is 54.6 Å². The first-order valence-electron chi connectivity index (χ1n) is 7.50. The van der Waals surface area contributed by atoms with Gasteiger partial charge in [0.25, 0.3) is 0 Å². The number of ether oxygens (including phenoxy) is 2. The minimum Gasteiger partial charge on any atom is -0.507 e. The normalized spacial score (nSPS) is 10.2. The summed E-state index contributed by atoms with van der Waals surface area (Å²) < 4.78 is 11.1. The van der Waals surface area contributed by atoms with Gasteiger partial charge in [-0.05, 0) is 30.3 Å². The largest absolute Gasteiger partial charge is 0.507 e. The molecule has 0 saturated heterocycles. The molecule has 0 aliphatic carbocycles. The van der Waals surface area contributed by atoms with E-state index in [-0.39, 0.29) is 17.9 Å². The van der Waals surface area contributed by atoms with Crippen molar-refractivity contribution in [1.82, 2.24) is 0 Å². The first kappa shape index (κ1) is 15.6. The molecular weight excluding hydrogens is 304 g/mol. The number of phenols is 1. The van der Waals surface area contributed by atoms with Gasteiger partial charge in [-0.15, -0.1) is 0 Å². The predicted octanol–water partition coefficient (Wildman–Crippen LogP) is 4.54. The molecule has 0 aromatic heterocycles. The van der Waals surface area contributed by atoms with Crippen LogP contribution in [-0.2, 0) is 11.3 Å². The molecule has 120 valence electrons. The molecule has 3 rings (SSSR count). The van der Waals surface area contributed by atoms with Crippen LogP contribution in [0.5, 0.6) is 17.2 Å². The molecule has 3 aromatic carbocycles. The lowest BCUT2D eigenvalue weighted by atomic mass is 10.2. The molecule has 24 heavy (non-hydrogen) atoms. The molecule has 4 nitrogen and oxygen atoms in total. The molecular formula is C20H16O4. The van der Waals surface area contributed by atoms with E-state index in [0.29, 0.717) is 11.5 Å². The highest BCUT2D eigenvalue weighted by atomic mass is 16.5. The van der Waals surface area contributed by atoms with Crippen molar-refractivity contribution in [2.24, 2.45) is 0 Å². The van der Waals surface area contributed by atoms with Crippen LogP contribution in [0.4, 0.5) is 0 Å². The van der Waals surface area contributed by atoms with Crippen molar-refractivity contribution in [3.8, 4) is 17.2 Å². The Labute approximate surface area is 139 Å². The van der Waals surface area contributed by atoms with Crippen molar-refractivity contribution in [3.63, 3.8) is 0 Å². The minimum absolute atomic E-state index is 0.0518. The first-order valence-corrected chi connectivity index (χ1v) is 7.50. The summed E-state index contributed by atoms with van der Waals surface area (Å²) >= 11 is 0. The summed E-state index contributed by atoms with van der Waals surface area (Å²) in [5.74, 6) is 0.643. The summed E-state index contributed by atoms with van der Waals surface area (Å²) in [7, 11) is 0. The lowest BCUT2D eigenvalue weighted by Gasteiger charge is -2.12. The zero-order valence-corrected chi connectivity index (χ0v) is 12.9. The number of carbonyl (C=O) groups excluding carboxylic acids is 1. The highest BCUT2D eigenvalue weighted by Gasteiger charge is 2.13. The van der Waals surface area contributed by atoms with Gasteiger partial charge in [0.05, 0.1) is 0 Å². The molecule has 3 aromatic rings. The molecule has 0 saturated carbocycles. The third kappa shape index (κ3) is 3.73. The van der Waals surface area contributed by atoms with Crippen molar-refractivity contribution in [2.45, 2.75) is 6.61 Å². The van der Waals surface area contributed by atoms with Crippen molar-refractivity contribution in [1.29, 1.82) is 0 Å². The van der Waals surface area contributed by atoms with Gasteiger partial charge in [0.2, 0.25) is 0 Å². The average Bonchev–Trinajstić information content (AvgIpc) is 2.62. The van der Waals surface area contributed by atoms with Gasteiger partial charge < -0.3 is 14.6 Å². The molecule has 0 radical (unpaired) electrons. The fourth-order valence-corrected chi connectivity index (χ4v) is 2.21. The Kier molecular flexibility index (Phi) is 4.77. The first-order chi connectivity index (χ1) is 11.7. The molecule has 1 N–H and O–H groups in total. The van der Waals surface area contributed by atoms with Crippen molar-refractivity contribution >= 4 is 5.97 Å². The van der Waals surface area contributed by atoms with Gasteiger partial charge in [0, 0.05) is 5.56 Å². The molecule has 0 unspecified atom stereocenters. The van der Waals surface area contributed by atoms with E-state index in [1.165, 1.54) is 12.1 Å². The van der Waals surface area contributed by atoms with Crippen LogP contribution in [0.15, 0.2) is 78.9 Å². The molecule has 0 fully saturated rings. The monoisotopic (exact) mass is 320 g/mol. The molecule has 4 heteroatoms. The van der Waals surface area contributed by atoms with Gasteiger partial charge in [-0.2, -0.15) is 0 Å². The van der Waals surface area contributed by atoms with Crippen LogP contribution in [0.1, 0.15) is 15.9 Å². The van der Waals surface area contributed by atoms with Gasteiger partial charge in [0.1, 0.15) is 29.4 Å². The van der Waals surface area contributed by atoms with E-state index in [9.17, 15) is 9.90 Å². The Morgan fingerprint density at radius 1 is 0.833 bits per heavy atom. The second-order valence-corrected chi connectivity index (χ2v) is 5.12. The summed E-state index contributed by atoms with van der Waals surface area (Å²) in [6.45, 7) is 0.0518. The third-order valence-corrected chi connectivity index (χ3v) is 3.43. The van der Waals surface area contributed by atoms with Gasteiger partial charge in [-0.25, -0.2) is 4.79 Å². The number of aromatic hydroxyl groups is 1. The smallest absolute Gasteiger partial charge is 0.342 e. The van der Waals surface area contributed by atoms with Crippen molar-refractivity contribution in [3.05, 3.63) is 90.0 Å². The van der Waals surface area contributed by atoms with Crippen LogP contribution >= 0.6 is 0 Å². The molecule has 0 aliphatic heterocycles. The Bertz CT molecular complexity index is 828. The van der Waals surface area contributed by atoms with E-state index < -0.39 is 5.97 Å². The van der Waals surface area contributed by atoms with Crippen LogP contribution in [0.2, 0.25) is 0 Å². The maximum absolute atomic E-state index is 12.1. The maximum atomic E-state index is 12.1. The molecule has 0 bridgehead atoms. The number of carbonyl (C=O) groups is 1. The summed E-state index contributed by atoms with van der Waals surface area (Å²) in [5, 5.41) is 9.70. The molecule has 0 spiro atoms. The molecule has 0 atom stereocenters. The highest BCUT2D eigenvalue weighted by Crippen LogP contribution is 2.26. The van der Waals surface area contributed by atoms with E-state index in [0.717, 1.165) is 5.56 Å². The zero-order chi connectivity index (χ0) is 16.8. The second-order valence-electron chi connectivity index (χ2n) is 5.12. The highest BCUT2D eigenvalue weighted by molar-refractivity contribution is 5.92. The Hall–Kier alpha value is -3.27. The molecule has 0 amide bonds. The van der Waals surface area contributed by atoms with Crippen molar-refractivity contribution < 1.29 is 19.4 Å². The third-order valence-electron chi connectivity index (χ3n) is 3.43. The summed E-state index contributed by atoms with van der Waals surface area (Å²) in [6.07, 6.45) is 0. The summed E-state index contributed by atoms with van der Waals surface area (Å²) in [5.41, 5.74) is 0.879. The van der Waals surface area contributed by atoms with E-state index in [1.54, 1.807) is 12.1 Å². The maximum Gasteiger partial charge on any atom is 0.342 e. The van der Waals surface area contributed by atoms with Gasteiger partial charge in [0.15, 0.2) is 0 Å². The number of phenolic OH excluding ortho intramolecular Hbond substituents is 1. The Morgan fingerprint density at radius 3 is 2.29 bits per heavy atom. The lowest BCUT2D eigenvalue weighted by Crippen LogP contribution is -2.06. The summed E-state index contributed by atoms with van der Waals surface area (Å²) in [4.78, 5) is 12.1. The Balaban J connectivity index is 1.72. The predicted molar refractivity (Wildman–Crippen MR) is 90.2 cm³/mol. The van der Waals surface area contributed by atoms with Crippen molar-refractivity contribution in [2.75, 3.05) is 0 Å². The summed E-state index contributed by atoms with van der Waals surface area (Å²) in [6, 6.07) is 23.0. The molecule has 0 heterocycles. The fourth-order valence-electron chi connectivity index (χ4n) is 2.21. The fraction of sp³-hybridized carbons (Fsp3) is 0.0500. The SMILES string of the molecule is O=C(OCc1ccccc1Oc1ccccc1)c1ccccc1O. The number of rotatable bonds is 5. The van der Waals surface area contributed by atoms with Gasteiger partial charge in [-0.1, -0.05) is 48.5 Å².